The van der Waals surface area contributed by atoms with Gasteiger partial charge in [0, 0.05) is 26.5 Å². The van der Waals surface area contributed by atoms with E-state index < -0.39 is 5.97 Å². The molecule has 5 nitrogen and oxygen atoms in total. The number of methoxy groups -OCH3 is 1. The molecule has 0 amide bonds. The van der Waals surface area contributed by atoms with Crippen LogP contribution in [-0.2, 0) is 4.74 Å². The molecule has 0 bridgehead atoms. The zero-order valence-electron chi connectivity index (χ0n) is 14.2. The van der Waals surface area contributed by atoms with Crippen LogP contribution in [0.5, 0.6) is 0 Å². The van der Waals surface area contributed by atoms with Gasteiger partial charge in [-0.05, 0) is 34.2 Å². The van der Waals surface area contributed by atoms with E-state index in [0.717, 1.165) is 0 Å². The fourth-order valence-corrected chi connectivity index (χ4v) is 3.97. The van der Waals surface area contributed by atoms with Crippen molar-refractivity contribution in [2.45, 2.75) is 0 Å². The second-order valence-electron chi connectivity index (χ2n) is 5.95. The van der Waals surface area contributed by atoms with E-state index in [1.165, 1.54) is 7.11 Å². The highest BCUT2D eigenvalue weighted by Gasteiger charge is 2.34. The molecule has 27 heavy (non-hydrogen) atoms. The number of hydrogen-bond donors (Lipinski definition) is 0. The van der Waals surface area contributed by atoms with Crippen molar-refractivity contribution >= 4 is 40.1 Å². The van der Waals surface area contributed by atoms with Gasteiger partial charge in [-0.25, -0.2) is 4.79 Å². The molecule has 6 heteroatoms. The zero-order valence-corrected chi connectivity index (χ0v) is 16.3. The Morgan fingerprint density at radius 3 is 2.15 bits per heavy atom. The van der Waals surface area contributed by atoms with Crippen LogP contribution in [-0.4, -0.2) is 29.6 Å². The summed E-state index contributed by atoms with van der Waals surface area (Å²) in [5.41, 5.74) is 2.40. The van der Waals surface area contributed by atoms with E-state index in [-0.39, 0.29) is 22.8 Å². The highest BCUT2D eigenvalue weighted by molar-refractivity contribution is 14.1. The van der Waals surface area contributed by atoms with Crippen LogP contribution in [0.3, 0.4) is 0 Å². The summed E-state index contributed by atoms with van der Waals surface area (Å²) in [5, 5.41) is 0. The van der Waals surface area contributed by atoms with Gasteiger partial charge in [0.2, 0.25) is 5.78 Å². The number of carbonyl (C=O) groups is 3. The molecule has 0 atom stereocenters. The van der Waals surface area contributed by atoms with E-state index >= 15 is 0 Å². The lowest BCUT2D eigenvalue weighted by atomic mass is 9.82. The summed E-state index contributed by atoms with van der Waals surface area (Å²) in [5.74, 6) is -1.09. The first-order chi connectivity index (χ1) is 13.0. The van der Waals surface area contributed by atoms with Crippen LogP contribution in [0.2, 0.25) is 0 Å². The van der Waals surface area contributed by atoms with Crippen LogP contribution in [0.4, 0.5) is 0 Å². The van der Waals surface area contributed by atoms with Crippen molar-refractivity contribution in [3.05, 3.63) is 86.2 Å². The smallest absolute Gasteiger partial charge is 0.338 e. The van der Waals surface area contributed by atoms with Gasteiger partial charge in [0.1, 0.15) is 5.69 Å². The van der Waals surface area contributed by atoms with Gasteiger partial charge in [0.05, 0.1) is 18.2 Å². The van der Waals surface area contributed by atoms with Gasteiger partial charge in [-0.3, -0.25) is 14.6 Å². The number of carbonyl (C=O) groups excluding carboxylic acids is 3. The van der Waals surface area contributed by atoms with Crippen LogP contribution < -0.4 is 0 Å². The van der Waals surface area contributed by atoms with Crippen molar-refractivity contribution in [3.63, 3.8) is 0 Å². The molecule has 1 aromatic heterocycles. The standard InChI is InChI=1S/C21H12INO4/c1-27-21(26)14-9-5-2-6-11(14)16-15(22)10-23-18-17(16)19(24)12-7-3-4-8-13(12)20(18)25/h2-10H,1H3. The summed E-state index contributed by atoms with van der Waals surface area (Å²) in [6.45, 7) is 0. The van der Waals surface area contributed by atoms with E-state index in [0.29, 0.717) is 31.4 Å². The zero-order chi connectivity index (χ0) is 19.1. The molecule has 0 spiro atoms. The van der Waals surface area contributed by atoms with Crippen LogP contribution in [0.25, 0.3) is 11.1 Å². The molecule has 0 radical (unpaired) electrons. The highest BCUT2D eigenvalue weighted by atomic mass is 127. The summed E-state index contributed by atoms with van der Waals surface area (Å²) in [7, 11) is 1.30. The lowest BCUT2D eigenvalue weighted by molar-refractivity contribution is 0.0601. The number of ketones is 2. The summed E-state index contributed by atoms with van der Waals surface area (Å²) in [6.07, 6.45) is 1.54. The third-order valence-electron chi connectivity index (χ3n) is 4.49. The van der Waals surface area contributed by atoms with Crippen molar-refractivity contribution in [2.75, 3.05) is 7.11 Å². The average Bonchev–Trinajstić information content (AvgIpc) is 2.71. The van der Waals surface area contributed by atoms with E-state index in [2.05, 4.69) is 27.6 Å². The lowest BCUT2D eigenvalue weighted by Gasteiger charge is -2.21. The molecule has 0 aliphatic heterocycles. The summed E-state index contributed by atoms with van der Waals surface area (Å²) in [6, 6.07) is 13.6. The molecule has 1 aliphatic rings. The Kier molecular flexibility index (Phi) is 4.35. The van der Waals surface area contributed by atoms with Crippen LogP contribution in [0.1, 0.15) is 42.3 Å². The molecule has 3 aromatic rings. The van der Waals surface area contributed by atoms with Crippen molar-refractivity contribution in [2.24, 2.45) is 0 Å². The van der Waals surface area contributed by atoms with E-state index in [4.69, 9.17) is 4.74 Å². The van der Waals surface area contributed by atoms with Crippen molar-refractivity contribution in [1.29, 1.82) is 0 Å². The van der Waals surface area contributed by atoms with Gasteiger partial charge >= 0.3 is 5.97 Å². The number of halogens is 1. The first-order valence-corrected chi connectivity index (χ1v) is 9.17. The van der Waals surface area contributed by atoms with E-state index in [9.17, 15) is 14.4 Å². The number of pyridine rings is 1. The maximum absolute atomic E-state index is 13.2. The fourth-order valence-electron chi connectivity index (χ4n) is 3.28. The molecule has 0 saturated heterocycles. The van der Waals surface area contributed by atoms with Crippen LogP contribution >= 0.6 is 22.6 Å². The topological polar surface area (TPSA) is 73.3 Å². The summed E-state index contributed by atoms with van der Waals surface area (Å²) < 4.78 is 5.55. The Morgan fingerprint density at radius 2 is 1.48 bits per heavy atom. The number of ether oxygens (including phenoxy) is 1. The van der Waals surface area contributed by atoms with Gasteiger partial charge in [0.25, 0.3) is 0 Å². The second kappa shape index (κ2) is 6.70. The first kappa shape index (κ1) is 17.5. The quantitative estimate of drug-likeness (QED) is 0.329. The lowest BCUT2D eigenvalue weighted by Crippen LogP contribution is -2.24. The Labute approximate surface area is 168 Å². The maximum atomic E-state index is 13.2. The largest absolute Gasteiger partial charge is 0.465 e. The third kappa shape index (κ3) is 2.68. The number of nitrogens with zero attached hydrogens (tertiary/aromatic N) is 1. The molecule has 2 aromatic carbocycles. The second-order valence-corrected chi connectivity index (χ2v) is 7.11. The highest BCUT2D eigenvalue weighted by Crippen LogP contribution is 2.37. The summed E-state index contributed by atoms with van der Waals surface area (Å²) >= 11 is 2.06. The molecular weight excluding hydrogens is 457 g/mol. The van der Waals surface area contributed by atoms with E-state index in [1.54, 1.807) is 54.7 Å². The van der Waals surface area contributed by atoms with Crippen molar-refractivity contribution in [3.8, 4) is 11.1 Å². The fraction of sp³-hybridized carbons (Fsp3) is 0.0476. The number of aromatic nitrogens is 1. The SMILES string of the molecule is COC(=O)c1ccccc1-c1c(I)cnc2c1C(=O)c1ccccc1C2=O. The Hall–Kier alpha value is -2.87. The molecule has 4 rings (SSSR count). The first-order valence-electron chi connectivity index (χ1n) is 8.09. The maximum Gasteiger partial charge on any atom is 0.338 e. The molecule has 0 fully saturated rings. The number of hydrogen-bond acceptors (Lipinski definition) is 5. The van der Waals surface area contributed by atoms with Gasteiger partial charge in [0.15, 0.2) is 5.78 Å². The van der Waals surface area contributed by atoms with Crippen LogP contribution in [0, 0.1) is 3.57 Å². The van der Waals surface area contributed by atoms with Gasteiger partial charge in [-0.15, -0.1) is 0 Å². The van der Waals surface area contributed by atoms with Gasteiger partial charge in [-0.1, -0.05) is 42.5 Å². The monoisotopic (exact) mass is 469 g/mol. The van der Waals surface area contributed by atoms with E-state index in [1.807, 2.05) is 0 Å². The normalized spacial score (nSPS) is 12.4. The minimum atomic E-state index is -0.512. The van der Waals surface area contributed by atoms with Crippen molar-refractivity contribution < 1.29 is 19.1 Å². The summed E-state index contributed by atoms with van der Waals surface area (Å²) in [4.78, 5) is 42.6. The molecule has 0 unspecified atom stereocenters. The van der Waals surface area contributed by atoms with Crippen molar-refractivity contribution in [1.82, 2.24) is 4.98 Å². The third-order valence-corrected chi connectivity index (χ3v) is 5.31. The van der Waals surface area contributed by atoms with Gasteiger partial charge < -0.3 is 4.74 Å². The van der Waals surface area contributed by atoms with Gasteiger partial charge in [-0.2, -0.15) is 0 Å². The molecule has 132 valence electrons. The molecule has 0 N–H and O–H groups in total. The predicted molar refractivity (Wildman–Crippen MR) is 107 cm³/mol. The number of rotatable bonds is 2. The Balaban J connectivity index is 2.06. The number of fused-ring (bicyclic) bond motifs is 2. The molecule has 0 saturated carbocycles. The number of benzene rings is 2. The molecule has 1 aliphatic carbocycles. The Morgan fingerprint density at radius 1 is 0.889 bits per heavy atom. The minimum Gasteiger partial charge on any atom is -0.465 e. The predicted octanol–water partition coefficient (Wildman–Crippen LogP) is 3.92. The number of esters is 1. The Bertz CT molecular complexity index is 1140. The molecular formula is C21H12INO4. The average molecular weight is 469 g/mol. The molecule has 1 heterocycles. The van der Waals surface area contributed by atoms with Crippen LogP contribution in [0.15, 0.2) is 54.7 Å². The minimum absolute atomic E-state index is 0.105.